The molecule has 5 rings (SSSR count). The van der Waals surface area contributed by atoms with Crippen LogP contribution in [-0.2, 0) is 13.0 Å². The van der Waals surface area contributed by atoms with Crippen molar-refractivity contribution >= 4 is 10.9 Å². The van der Waals surface area contributed by atoms with Crippen LogP contribution in [0.5, 0.6) is 0 Å². The van der Waals surface area contributed by atoms with Crippen LogP contribution in [0.4, 0.5) is 0 Å². The Morgan fingerprint density at radius 3 is 2.23 bits per heavy atom. The molecule has 1 N–H and O–H groups in total. The number of nitrogens with one attached hydrogen (secondary N) is 1. The molecule has 1 saturated heterocycles. The molecule has 1 aliphatic rings. The van der Waals surface area contributed by atoms with Crippen LogP contribution in [0.15, 0.2) is 72.8 Å². The molecule has 31 heavy (non-hydrogen) atoms. The summed E-state index contributed by atoms with van der Waals surface area (Å²) in [5.74, 6) is 0.698. The zero-order chi connectivity index (χ0) is 21.2. The van der Waals surface area contributed by atoms with Crippen LogP contribution in [0, 0.1) is 13.8 Å². The maximum atomic E-state index is 3.73. The number of piperidine rings is 1. The van der Waals surface area contributed by atoms with Crippen molar-refractivity contribution in [2.24, 2.45) is 0 Å². The number of aryl methyl sites for hydroxylation is 2. The van der Waals surface area contributed by atoms with Crippen LogP contribution < -0.4 is 0 Å². The van der Waals surface area contributed by atoms with Crippen molar-refractivity contribution in [2.75, 3.05) is 13.1 Å². The van der Waals surface area contributed by atoms with E-state index in [9.17, 15) is 0 Å². The molecule has 1 fully saturated rings. The molecule has 0 amide bonds. The van der Waals surface area contributed by atoms with E-state index in [2.05, 4.69) is 96.5 Å². The molecule has 2 nitrogen and oxygen atoms in total. The number of benzene rings is 3. The van der Waals surface area contributed by atoms with Crippen molar-refractivity contribution in [3.63, 3.8) is 0 Å². The molecule has 2 heterocycles. The zero-order valence-corrected chi connectivity index (χ0v) is 18.7. The molecule has 1 aromatic heterocycles. The topological polar surface area (TPSA) is 19.0 Å². The van der Waals surface area contributed by atoms with E-state index in [-0.39, 0.29) is 0 Å². The van der Waals surface area contributed by atoms with E-state index in [1.165, 1.54) is 64.8 Å². The van der Waals surface area contributed by atoms with E-state index in [0.717, 1.165) is 13.0 Å². The Kier molecular flexibility index (Phi) is 5.65. The number of aromatic nitrogens is 1. The number of aromatic amines is 1. The Labute approximate surface area is 185 Å². The first-order valence-electron chi connectivity index (χ1n) is 11.6. The summed E-state index contributed by atoms with van der Waals surface area (Å²) in [5, 5.41) is 1.38. The first-order valence-corrected chi connectivity index (χ1v) is 11.6. The Morgan fingerprint density at radius 1 is 0.806 bits per heavy atom. The third-order valence-electron chi connectivity index (χ3n) is 7.05. The molecule has 0 saturated carbocycles. The lowest BCUT2D eigenvalue weighted by atomic mass is 9.84. The molecular formula is C29H32N2. The van der Waals surface area contributed by atoms with Crippen LogP contribution in [0.3, 0.4) is 0 Å². The van der Waals surface area contributed by atoms with Crippen LogP contribution in [0.1, 0.15) is 52.3 Å². The zero-order valence-electron chi connectivity index (χ0n) is 18.7. The fraction of sp³-hybridized carbons (Fsp3) is 0.310. The van der Waals surface area contributed by atoms with Gasteiger partial charge in [0.2, 0.25) is 0 Å². The Bertz CT molecular complexity index is 1140. The van der Waals surface area contributed by atoms with Gasteiger partial charge in [0.05, 0.1) is 0 Å². The van der Waals surface area contributed by atoms with E-state index >= 15 is 0 Å². The maximum Gasteiger partial charge on any atom is 0.0459 e. The summed E-state index contributed by atoms with van der Waals surface area (Å²) in [4.78, 5) is 6.39. The minimum absolute atomic E-state index is 0.698. The molecule has 1 aliphatic heterocycles. The van der Waals surface area contributed by atoms with Crippen LogP contribution in [0.25, 0.3) is 10.9 Å². The SMILES string of the molecule is Cc1cccc(C)c1C1CCN(Cc2c(Cc3ccccc3)[nH]c3ccccc23)CC1. The van der Waals surface area contributed by atoms with Gasteiger partial charge in [-0.3, -0.25) is 4.90 Å². The highest BCUT2D eigenvalue weighted by Crippen LogP contribution is 2.34. The summed E-state index contributed by atoms with van der Waals surface area (Å²) >= 11 is 0. The standard InChI is InChI=1S/C29H32N2/c1-21-9-8-10-22(2)29(21)24-15-17-31(18-16-24)20-26-25-13-6-7-14-27(25)30-28(26)19-23-11-4-3-5-12-23/h3-14,24,30H,15-20H2,1-2H3. The van der Waals surface area contributed by atoms with Gasteiger partial charge >= 0.3 is 0 Å². The Balaban J connectivity index is 1.36. The van der Waals surface area contributed by atoms with Gasteiger partial charge in [0, 0.05) is 29.6 Å². The number of para-hydroxylation sites is 1. The Hall–Kier alpha value is -2.84. The molecule has 0 spiro atoms. The summed E-state index contributed by atoms with van der Waals surface area (Å²) < 4.78 is 0. The lowest BCUT2D eigenvalue weighted by Gasteiger charge is -2.33. The van der Waals surface area contributed by atoms with E-state index in [4.69, 9.17) is 0 Å². The summed E-state index contributed by atoms with van der Waals surface area (Å²) in [6, 6.07) is 26.3. The van der Waals surface area contributed by atoms with E-state index in [0.29, 0.717) is 5.92 Å². The number of fused-ring (bicyclic) bond motifs is 1. The minimum Gasteiger partial charge on any atom is -0.358 e. The number of H-pyrrole nitrogens is 1. The summed E-state index contributed by atoms with van der Waals surface area (Å²) in [6.07, 6.45) is 3.47. The molecule has 0 bridgehead atoms. The third kappa shape index (κ3) is 4.18. The second-order valence-corrected chi connectivity index (χ2v) is 9.15. The number of nitrogens with zero attached hydrogens (tertiary/aromatic N) is 1. The molecule has 0 atom stereocenters. The van der Waals surface area contributed by atoms with Gasteiger partial charge in [-0.2, -0.15) is 0 Å². The fourth-order valence-corrected chi connectivity index (χ4v) is 5.46. The number of likely N-dealkylation sites (tertiary alicyclic amines) is 1. The highest BCUT2D eigenvalue weighted by molar-refractivity contribution is 5.84. The van der Waals surface area contributed by atoms with E-state index in [1.807, 2.05) is 0 Å². The van der Waals surface area contributed by atoms with Crippen LogP contribution in [0.2, 0.25) is 0 Å². The van der Waals surface area contributed by atoms with Gasteiger partial charge in [-0.25, -0.2) is 0 Å². The lowest BCUT2D eigenvalue weighted by Crippen LogP contribution is -2.33. The van der Waals surface area contributed by atoms with Crippen molar-refractivity contribution in [3.05, 3.63) is 106 Å². The molecule has 0 aliphatic carbocycles. The second-order valence-electron chi connectivity index (χ2n) is 9.15. The van der Waals surface area contributed by atoms with Crippen LogP contribution in [-0.4, -0.2) is 23.0 Å². The van der Waals surface area contributed by atoms with E-state index in [1.54, 1.807) is 5.56 Å². The molecular weight excluding hydrogens is 376 g/mol. The quantitative estimate of drug-likeness (QED) is 0.387. The second kappa shape index (κ2) is 8.72. The molecule has 0 unspecified atom stereocenters. The van der Waals surface area contributed by atoms with Gasteiger partial charge in [-0.1, -0.05) is 66.7 Å². The number of rotatable bonds is 5. The van der Waals surface area contributed by atoms with E-state index < -0.39 is 0 Å². The largest absolute Gasteiger partial charge is 0.358 e. The maximum absolute atomic E-state index is 3.73. The normalized spacial score (nSPS) is 15.5. The first-order chi connectivity index (χ1) is 15.2. The highest BCUT2D eigenvalue weighted by atomic mass is 15.1. The molecule has 2 heteroatoms. The van der Waals surface area contributed by atoms with Crippen molar-refractivity contribution in [3.8, 4) is 0 Å². The van der Waals surface area contributed by atoms with Gasteiger partial charge in [0.1, 0.15) is 0 Å². The predicted octanol–water partition coefficient (Wildman–Crippen LogP) is 6.76. The molecule has 4 aromatic rings. The summed E-state index contributed by atoms with van der Waals surface area (Å²) in [7, 11) is 0. The number of hydrogen-bond acceptors (Lipinski definition) is 1. The van der Waals surface area contributed by atoms with Gasteiger partial charge in [-0.05, 0) is 79.6 Å². The minimum atomic E-state index is 0.698. The van der Waals surface area contributed by atoms with Gasteiger partial charge in [0.25, 0.3) is 0 Å². The fourth-order valence-electron chi connectivity index (χ4n) is 5.46. The Morgan fingerprint density at radius 2 is 1.48 bits per heavy atom. The average molecular weight is 409 g/mol. The monoisotopic (exact) mass is 408 g/mol. The molecule has 0 radical (unpaired) electrons. The van der Waals surface area contributed by atoms with Gasteiger partial charge < -0.3 is 4.98 Å². The summed E-state index contributed by atoms with van der Waals surface area (Å²) in [5.41, 5.74) is 9.98. The smallest absolute Gasteiger partial charge is 0.0459 e. The first kappa shape index (κ1) is 20.1. The highest BCUT2D eigenvalue weighted by Gasteiger charge is 2.24. The summed E-state index contributed by atoms with van der Waals surface area (Å²) in [6.45, 7) is 7.92. The van der Waals surface area contributed by atoms with Crippen LogP contribution >= 0.6 is 0 Å². The van der Waals surface area contributed by atoms with Gasteiger partial charge in [0.15, 0.2) is 0 Å². The average Bonchev–Trinajstić information content (AvgIpc) is 3.12. The van der Waals surface area contributed by atoms with Gasteiger partial charge in [-0.15, -0.1) is 0 Å². The molecule has 3 aromatic carbocycles. The van der Waals surface area contributed by atoms with Crippen molar-refractivity contribution in [1.82, 2.24) is 9.88 Å². The van der Waals surface area contributed by atoms with Crippen molar-refractivity contribution < 1.29 is 0 Å². The van der Waals surface area contributed by atoms with Crippen molar-refractivity contribution in [2.45, 2.75) is 45.6 Å². The number of hydrogen-bond donors (Lipinski definition) is 1. The van der Waals surface area contributed by atoms with Crippen molar-refractivity contribution in [1.29, 1.82) is 0 Å². The molecule has 158 valence electrons. The predicted molar refractivity (Wildman–Crippen MR) is 131 cm³/mol. The third-order valence-corrected chi connectivity index (χ3v) is 7.05. The lowest BCUT2D eigenvalue weighted by molar-refractivity contribution is 0.204.